The number of nitrogens with zero attached hydrogens (tertiary/aromatic N) is 2. The van der Waals surface area contributed by atoms with Crippen molar-refractivity contribution in [3.63, 3.8) is 0 Å². The molecule has 7 heteroatoms. The molecule has 1 aromatic carbocycles. The minimum atomic E-state index is 0.637. The number of rotatable bonds is 6. The Labute approximate surface area is 140 Å². The van der Waals surface area contributed by atoms with Crippen molar-refractivity contribution in [3.05, 3.63) is 34.3 Å². The Hall–Kier alpha value is -2.28. The summed E-state index contributed by atoms with van der Waals surface area (Å²) < 4.78 is 10.5. The molecule has 1 heterocycles. The highest BCUT2D eigenvalue weighted by molar-refractivity contribution is 7.11. The number of aryl methyl sites for hydroxylation is 1. The lowest BCUT2D eigenvalue weighted by Gasteiger charge is -2.13. The first-order chi connectivity index (χ1) is 11.2. The zero-order chi connectivity index (χ0) is 16.7. The van der Waals surface area contributed by atoms with E-state index in [1.54, 1.807) is 32.6 Å². The molecule has 23 heavy (non-hydrogen) atoms. The van der Waals surface area contributed by atoms with Crippen LogP contribution in [0.1, 0.15) is 16.8 Å². The summed E-state index contributed by atoms with van der Waals surface area (Å²) in [6, 6.07) is 5.62. The van der Waals surface area contributed by atoms with E-state index in [2.05, 4.69) is 27.5 Å². The number of hydrogen-bond acceptors (Lipinski definition) is 5. The van der Waals surface area contributed by atoms with Crippen LogP contribution in [0.5, 0.6) is 11.5 Å². The third-order valence-electron chi connectivity index (χ3n) is 3.23. The predicted octanol–water partition coefficient (Wildman–Crippen LogP) is 2.91. The quantitative estimate of drug-likeness (QED) is 0.628. The summed E-state index contributed by atoms with van der Waals surface area (Å²) in [7, 11) is 4.96. The van der Waals surface area contributed by atoms with E-state index in [1.807, 2.05) is 24.4 Å². The van der Waals surface area contributed by atoms with Gasteiger partial charge in [0.25, 0.3) is 0 Å². The number of guanidine groups is 1. The van der Waals surface area contributed by atoms with Crippen molar-refractivity contribution in [3.8, 4) is 11.5 Å². The molecule has 0 saturated carbocycles. The summed E-state index contributed by atoms with van der Waals surface area (Å²) in [6.07, 6.45) is 2.93. The fourth-order valence-electron chi connectivity index (χ4n) is 1.98. The average Bonchev–Trinajstić information content (AvgIpc) is 3.06. The molecule has 0 aliphatic carbocycles. The topological polar surface area (TPSA) is 67.8 Å². The van der Waals surface area contributed by atoms with Crippen LogP contribution in [0.25, 0.3) is 0 Å². The van der Waals surface area contributed by atoms with Crippen LogP contribution in [0.15, 0.2) is 29.4 Å². The van der Waals surface area contributed by atoms with Crippen LogP contribution in [-0.4, -0.2) is 32.2 Å². The highest BCUT2D eigenvalue weighted by Crippen LogP contribution is 2.29. The number of aromatic nitrogens is 1. The van der Waals surface area contributed by atoms with Gasteiger partial charge in [-0.15, -0.1) is 11.3 Å². The lowest BCUT2D eigenvalue weighted by molar-refractivity contribution is 0.355. The Balaban J connectivity index is 1.99. The van der Waals surface area contributed by atoms with Gasteiger partial charge in [0.1, 0.15) is 5.01 Å². The van der Waals surface area contributed by atoms with Crippen molar-refractivity contribution < 1.29 is 9.47 Å². The Kier molecular flexibility index (Phi) is 6.22. The highest BCUT2D eigenvalue weighted by atomic mass is 32.1. The molecule has 0 atom stereocenters. The second-order valence-electron chi connectivity index (χ2n) is 4.69. The molecule has 6 nitrogen and oxygen atoms in total. The van der Waals surface area contributed by atoms with Crippen LogP contribution in [-0.2, 0) is 13.0 Å². The third kappa shape index (κ3) is 4.59. The van der Waals surface area contributed by atoms with Crippen LogP contribution in [0.4, 0.5) is 5.69 Å². The Bertz CT molecular complexity index is 670. The van der Waals surface area contributed by atoms with Crippen molar-refractivity contribution in [1.82, 2.24) is 10.3 Å². The van der Waals surface area contributed by atoms with Gasteiger partial charge in [-0.1, -0.05) is 6.92 Å². The van der Waals surface area contributed by atoms with Crippen LogP contribution in [0.3, 0.4) is 0 Å². The van der Waals surface area contributed by atoms with E-state index >= 15 is 0 Å². The van der Waals surface area contributed by atoms with Crippen molar-refractivity contribution in [2.45, 2.75) is 19.9 Å². The zero-order valence-electron chi connectivity index (χ0n) is 13.8. The Morgan fingerprint density at radius 2 is 2.04 bits per heavy atom. The second-order valence-corrected chi connectivity index (χ2v) is 5.89. The molecule has 0 aliphatic heterocycles. The fourth-order valence-corrected chi connectivity index (χ4v) is 2.78. The van der Waals surface area contributed by atoms with Gasteiger partial charge in [-0.2, -0.15) is 0 Å². The SMILES string of the molecule is CCc1cnc(CNC(=NC)Nc2ccc(OC)c(OC)c2)s1. The van der Waals surface area contributed by atoms with Gasteiger partial charge in [0.15, 0.2) is 17.5 Å². The van der Waals surface area contributed by atoms with Crippen molar-refractivity contribution in [2.24, 2.45) is 4.99 Å². The molecular weight excluding hydrogens is 312 g/mol. The molecule has 0 radical (unpaired) electrons. The third-order valence-corrected chi connectivity index (χ3v) is 4.37. The first kappa shape index (κ1) is 17.1. The normalized spacial score (nSPS) is 11.2. The number of benzene rings is 1. The minimum absolute atomic E-state index is 0.637. The first-order valence-electron chi connectivity index (χ1n) is 7.33. The van der Waals surface area contributed by atoms with E-state index in [0.717, 1.165) is 17.1 Å². The number of ether oxygens (including phenoxy) is 2. The molecule has 0 aliphatic rings. The molecule has 2 aromatic rings. The maximum Gasteiger partial charge on any atom is 0.195 e. The summed E-state index contributed by atoms with van der Waals surface area (Å²) in [4.78, 5) is 9.89. The number of methoxy groups -OCH3 is 2. The summed E-state index contributed by atoms with van der Waals surface area (Å²) in [5.41, 5.74) is 0.865. The largest absolute Gasteiger partial charge is 0.493 e. The van der Waals surface area contributed by atoms with Crippen molar-refractivity contribution in [2.75, 3.05) is 26.6 Å². The molecule has 1 aromatic heterocycles. The Morgan fingerprint density at radius 1 is 1.26 bits per heavy atom. The minimum Gasteiger partial charge on any atom is -0.493 e. The molecular formula is C16H22N4O2S. The average molecular weight is 334 g/mol. The van der Waals surface area contributed by atoms with Gasteiger partial charge in [-0.05, 0) is 18.6 Å². The van der Waals surface area contributed by atoms with Crippen molar-refractivity contribution >= 4 is 23.0 Å². The number of anilines is 1. The molecule has 2 N–H and O–H groups in total. The van der Waals surface area contributed by atoms with E-state index in [9.17, 15) is 0 Å². The van der Waals surface area contributed by atoms with E-state index in [1.165, 1.54) is 4.88 Å². The summed E-state index contributed by atoms with van der Waals surface area (Å²) >= 11 is 1.71. The van der Waals surface area contributed by atoms with E-state index in [4.69, 9.17) is 9.47 Å². The van der Waals surface area contributed by atoms with Gasteiger partial charge >= 0.3 is 0 Å². The van der Waals surface area contributed by atoms with E-state index in [0.29, 0.717) is 24.0 Å². The number of hydrogen-bond donors (Lipinski definition) is 2. The molecule has 124 valence electrons. The fraction of sp³-hybridized carbons (Fsp3) is 0.375. The molecule has 0 fully saturated rings. The molecule has 0 saturated heterocycles. The van der Waals surface area contributed by atoms with Gasteiger partial charge in [-0.3, -0.25) is 4.99 Å². The maximum absolute atomic E-state index is 5.30. The summed E-state index contributed by atoms with van der Waals surface area (Å²) in [5.74, 6) is 2.03. The maximum atomic E-state index is 5.30. The first-order valence-corrected chi connectivity index (χ1v) is 8.15. The highest BCUT2D eigenvalue weighted by Gasteiger charge is 2.07. The molecule has 0 spiro atoms. The molecule has 0 bridgehead atoms. The number of thiazole rings is 1. The predicted molar refractivity (Wildman–Crippen MR) is 94.9 cm³/mol. The summed E-state index contributed by atoms with van der Waals surface area (Å²) in [6.45, 7) is 2.76. The van der Waals surface area contributed by atoms with Gasteiger partial charge in [0.2, 0.25) is 0 Å². The monoisotopic (exact) mass is 334 g/mol. The number of nitrogens with one attached hydrogen (secondary N) is 2. The summed E-state index contributed by atoms with van der Waals surface area (Å²) in [5, 5.41) is 7.52. The van der Waals surface area contributed by atoms with E-state index in [-0.39, 0.29) is 0 Å². The van der Waals surface area contributed by atoms with Crippen LogP contribution in [0.2, 0.25) is 0 Å². The van der Waals surface area contributed by atoms with Crippen LogP contribution >= 0.6 is 11.3 Å². The lowest BCUT2D eigenvalue weighted by Crippen LogP contribution is -2.30. The molecule has 0 amide bonds. The molecule has 2 rings (SSSR count). The van der Waals surface area contributed by atoms with Gasteiger partial charge < -0.3 is 20.1 Å². The van der Waals surface area contributed by atoms with Crippen LogP contribution in [0, 0.1) is 0 Å². The van der Waals surface area contributed by atoms with Gasteiger partial charge in [0.05, 0.1) is 20.8 Å². The van der Waals surface area contributed by atoms with Gasteiger partial charge in [0, 0.05) is 29.9 Å². The lowest BCUT2D eigenvalue weighted by atomic mass is 10.3. The zero-order valence-corrected chi connectivity index (χ0v) is 14.7. The van der Waals surface area contributed by atoms with Gasteiger partial charge in [-0.25, -0.2) is 4.98 Å². The molecule has 0 unspecified atom stereocenters. The smallest absolute Gasteiger partial charge is 0.195 e. The standard InChI is InChI=1S/C16H22N4O2S/c1-5-12-9-18-15(23-12)10-19-16(17-2)20-11-6-7-13(21-3)14(8-11)22-4/h6-9H,5,10H2,1-4H3,(H2,17,19,20). The van der Waals surface area contributed by atoms with Crippen molar-refractivity contribution in [1.29, 1.82) is 0 Å². The van der Waals surface area contributed by atoms with E-state index < -0.39 is 0 Å². The number of aliphatic imine (C=N–C) groups is 1. The Morgan fingerprint density at radius 3 is 2.65 bits per heavy atom. The second kappa shape index (κ2) is 8.38. The van der Waals surface area contributed by atoms with Crippen LogP contribution < -0.4 is 20.1 Å².